The monoisotopic (exact) mass is 508 g/mol. The SMILES string of the molecule is O=C(C=Cc1ccccc1)Nc1ccc2nc(SCC(=O)c3ccc(Br)cc3)sc2c1. The fraction of sp³-hybridized carbons (Fsp3) is 0.0417. The summed E-state index contributed by atoms with van der Waals surface area (Å²) in [5, 5.41) is 2.88. The van der Waals surface area contributed by atoms with E-state index in [9.17, 15) is 9.59 Å². The molecule has 0 saturated carbocycles. The third-order valence-corrected chi connectivity index (χ3v) is 7.05. The minimum Gasteiger partial charge on any atom is -0.322 e. The van der Waals surface area contributed by atoms with Crippen molar-refractivity contribution < 1.29 is 9.59 Å². The minimum atomic E-state index is -0.192. The zero-order valence-electron chi connectivity index (χ0n) is 16.2. The van der Waals surface area contributed by atoms with Crippen molar-refractivity contribution in [3.05, 3.63) is 94.5 Å². The second-order valence-electron chi connectivity index (χ2n) is 6.61. The van der Waals surface area contributed by atoms with E-state index in [4.69, 9.17) is 0 Å². The lowest BCUT2D eigenvalue weighted by Gasteiger charge is -2.01. The van der Waals surface area contributed by atoms with Crippen LogP contribution in [-0.2, 0) is 4.79 Å². The van der Waals surface area contributed by atoms with Gasteiger partial charge in [-0.25, -0.2) is 4.98 Å². The summed E-state index contributed by atoms with van der Waals surface area (Å²) < 4.78 is 2.73. The number of ketones is 1. The number of nitrogens with one attached hydrogen (secondary N) is 1. The molecule has 1 heterocycles. The van der Waals surface area contributed by atoms with Crippen molar-refractivity contribution in [1.29, 1.82) is 0 Å². The number of anilines is 1. The summed E-state index contributed by atoms with van der Waals surface area (Å²) in [6, 6.07) is 22.6. The maximum atomic E-state index is 12.4. The van der Waals surface area contributed by atoms with E-state index in [1.165, 1.54) is 29.2 Å². The van der Waals surface area contributed by atoms with Gasteiger partial charge < -0.3 is 5.32 Å². The lowest BCUT2D eigenvalue weighted by molar-refractivity contribution is -0.111. The Balaban J connectivity index is 1.38. The Bertz CT molecular complexity index is 1250. The van der Waals surface area contributed by atoms with Crippen LogP contribution in [0, 0.1) is 0 Å². The first-order valence-electron chi connectivity index (χ1n) is 9.43. The highest BCUT2D eigenvalue weighted by molar-refractivity contribution is 9.10. The number of halogens is 1. The number of amides is 1. The van der Waals surface area contributed by atoms with Gasteiger partial charge in [0.15, 0.2) is 10.1 Å². The van der Waals surface area contributed by atoms with Gasteiger partial charge in [-0.2, -0.15) is 0 Å². The molecule has 0 aliphatic rings. The first-order chi connectivity index (χ1) is 15.1. The lowest BCUT2D eigenvalue weighted by atomic mass is 10.2. The molecule has 1 amide bonds. The molecular weight excluding hydrogens is 492 g/mol. The Kier molecular flexibility index (Phi) is 6.96. The molecule has 4 nitrogen and oxygen atoms in total. The normalized spacial score (nSPS) is 11.1. The number of hydrogen-bond acceptors (Lipinski definition) is 5. The molecule has 0 unspecified atom stereocenters. The first-order valence-corrected chi connectivity index (χ1v) is 12.0. The van der Waals surface area contributed by atoms with Gasteiger partial charge in [0, 0.05) is 21.8 Å². The number of benzene rings is 3. The second-order valence-corrected chi connectivity index (χ2v) is 9.78. The van der Waals surface area contributed by atoms with E-state index in [0.29, 0.717) is 17.0 Å². The summed E-state index contributed by atoms with van der Waals surface area (Å²) in [7, 11) is 0. The zero-order chi connectivity index (χ0) is 21.6. The van der Waals surface area contributed by atoms with Crippen molar-refractivity contribution in [2.45, 2.75) is 4.34 Å². The third kappa shape index (κ3) is 5.91. The number of aromatic nitrogens is 1. The summed E-state index contributed by atoms with van der Waals surface area (Å²) in [5.74, 6) is 0.201. The molecule has 0 aliphatic heterocycles. The number of hydrogen-bond donors (Lipinski definition) is 1. The Hall–Kier alpha value is -2.74. The van der Waals surface area contributed by atoms with Gasteiger partial charge in [-0.1, -0.05) is 70.2 Å². The fourth-order valence-corrected chi connectivity index (χ4v) is 5.08. The van der Waals surface area contributed by atoms with Crippen LogP contribution in [0.3, 0.4) is 0 Å². The standard InChI is InChI=1S/C24H17BrN2O2S2/c25-18-9-7-17(8-10-18)21(28)15-30-24-27-20-12-11-19(14-22(20)31-24)26-23(29)13-6-16-4-2-1-3-5-16/h1-14H,15H2,(H,26,29). The van der Waals surface area contributed by atoms with Gasteiger partial charge in [-0.15, -0.1) is 11.3 Å². The van der Waals surface area contributed by atoms with E-state index in [0.717, 1.165) is 24.6 Å². The van der Waals surface area contributed by atoms with Crippen LogP contribution < -0.4 is 5.32 Å². The molecule has 4 rings (SSSR count). The Labute approximate surface area is 196 Å². The summed E-state index contributed by atoms with van der Waals surface area (Å²) in [6.45, 7) is 0. The van der Waals surface area contributed by atoms with Crippen LogP contribution in [0.2, 0.25) is 0 Å². The average Bonchev–Trinajstić information content (AvgIpc) is 3.19. The molecule has 0 aliphatic carbocycles. The smallest absolute Gasteiger partial charge is 0.248 e. The molecule has 7 heteroatoms. The predicted octanol–water partition coefficient (Wildman–Crippen LogP) is 6.69. The van der Waals surface area contributed by atoms with Crippen LogP contribution in [0.15, 0.2) is 87.7 Å². The molecule has 154 valence electrons. The van der Waals surface area contributed by atoms with Gasteiger partial charge in [-0.3, -0.25) is 9.59 Å². The van der Waals surface area contributed by atoms with Gasteiger partial charge in [0.25, 0.3) is 0 Å². The number of rotatable bonds is 7. The van der Waals surface area contributed by atoms with E-state index in [2.05, 4.69) is 26.2 Å². The molecule has 3 aromatic carbocycles. The fourth-order valence-electron chi connectivity index (χ4n) is 2.81. The minimum absolute atomic E-state index is 0.0647. The van der Waals surface area contributed by atoms with Crippen LogP contribution in [-0.4, -0.2) is 22.4 Å². The van der Waals surface area contributed by atoms with E-state index in [1.807, 2.05) is 72.8 Å². The summed E-state index contributed by atoms with van der Waals surface area (Å²) in [6.07, 6.45) is 3.29. The highest BCUT2D eigenvalue weighted by atomic mass is 79.9. The maximum absolute atomic E-state index is 12.4. The highest BCUT2D eigenvalue weighted by Gasteiger charge is 2.11. The van der Waals surface area contributed by atoms with Crippen molar-refractivity contribution in [3.63, 3.8) is 0 Å². The number of carbonyl (C=O) groups excluding carboxylic acids is 2. The van der Waals surface area contributed by atoms with E-state index < -0.39 is 0 Å². The van der Waals surface area contributed by atoms with Gasteiger partial charge in [0.1, 0.15) is 0 Å². The lowest BCUT2D eigenvalue weighted by Crippen LogP contribution is -2.07. The zero-order valence-corrected chi connectivity index (χ0v) is 19.5. The van der Waals surface area contributed by atoms with Crippen LogP contribution in [0.1, 0.15) is 15.9 Å². The largest absolute Gasteiger partial charge is 0.322 e. The summed E-state index contributed by atoms with van der Waals surface area (Å²) in [4.78, 5) is 29.2. The van der Waals surface area contributed by atoms with Crippen LogP contribution in [0.5, 0.6) is 0 Å². The number of Topliss-reactive ketones (excluding diaryl/α,β-unsaturated/α-hetero) is 1. The van der Waals surface area contributed by atoms with Crippen molar-refractivity contribution in [2.75, 3.05) is 11.1 Å². The number of carbonyl (C=O) groups is 2. The van der Waals surface area contributed by atoms with Crippen LogP contribution in [0.25, 0.3) is 16.3 Å². The average molecular weight is 509 g/mol. The van der Waals surface area contributed by atoms with Crippen LogP contribution >= 0.6 is 39.0 Å². The molecule has 1 aromatic heterocycles. The molecule has 4 aromatic rings. The van der Waals surface area contributed by atoms with Crippen molar-refractivity contribution in [1.82, 2.24) is 4.98 Å². The van der Waals surface area contributed by atoms with Gasteiger partial charge in [-0.05, 0) is 42.0 Å². The quantitative estimate of drug-likeness (QED) is 0.171. The summed E-state index contributed by atoms with van der Waals surface area (Å²) >= 11 is 6.31. The van der Waals surface area contributed by atoms with E-state index in [1.54, 1.807) is 6.08 Å². The number of nitrogens with zero attached hydrogens (tertiary/aromatic N) is 1. The molecule has 0 fully saturated rings. The summed E-state index contributed by atoms with van der Waals surface area (Å²) in [5.41, 5.74) is 3.21. The molecule has 0 saturated heterocycles. The highest BCUT2D eigenvalue weighted by Crippen LogP contribution is 2.31. The van der Waals surface area contributed by atoms with Crippen molar-refractivity contribution in [2.24, 2.45) is 0 Å². The molecule has 1 N–H and O–H groups in total. The molecule has 0 atom stereocenters. The molecule has 0 radical (unpaired) electrons. The maximum Gasteiger partial charge on any atom is 0.248 e. The van der Waals surface area contributed by atoms with Crippen molar-refractivity contribution >= 4 is 72.7 Å². The molecule has 0 bridgehead atoms. The van der Waals surface area contributed by atoms with Gasteiger partial charge in [0.2, 0.25) is 5.91 Å². The second kappa shape index (κ2) is 10.0. The topological polar surface area (TPSA) is 59.1 Å². The molecular formula is C24H17BrN2O2S2. The van der Waals surface area contributed by atoms with E-state index >= 15 is 0 Å². The van der Waals surface area contributed by atoms with E-state index in [-0.39, 0.29) is 11.7 Å². The number of thiazole rings is 1. The Morgan fingerprint density at radius 1 is 1.03 bits per heavy atom. The Morgan fingerprint density at radius 2 is 1.81 bits per heavy atom. The van der Waals surface area contributed by atoms with Gasteiger partial charge >= 0.3 is 0 Å². The van der Waals surface area contributed by atoms with Crippen LogP contribution in [0.4, 0.5) is 5.69 Å². The predicted molar refractivity (Wildman–Crippen MR) is 133 cm³/mol. The molecule has 31 heavy (non-hydrogen) atoms. The molecule has 0 spiro atoms. The Morgan fingerprint density at radius 3 is 2.58 bits per heavy atom. The number of thioether (sulfide) groups is 1. The first kappa shape index (κ1) is 21.5. The van der Waals surface area contributed by atoms with Gasteiger partial charge in [0.05, 0.1) is 16.0 Å². The third-order valence-electron chi connectivity index (χ3n) is 4.36. The van der Waals surface area contributed by atoms with Crippen molar-refractivity contribution in [3.8, 4) is 0 Å². The number of fused-ring (bicyclic) bond motifs is 1.